The molecule has 29 heavy (non-hydrogen) atoms. The van der Waals surface area contributed by atoms with Crippen LogP contribution in [0.2, 0.25) is 5.02 Å². The molecule has 3 aromatic rings. The van der Waals surface area contributed by atoms with Crippen LogP contribution in [0.5, 0.6) is 11.5 Å². The summed E-state index contributed by atoms with van der Waals surface area (Å²) in [5.74, 6) is 0.947. The van der Waals surface area contributed by atoms with Crippen molar-refractivity contribution in [2.45, 2.75) is 25.8 Å². The van der Waals surface area contributed by atoms with E-state index in [1.165, 1.54) is 7.11 Å². The highest BCUT2D eigenvalue weighted by Crippen LogP contribution is 2.39. The number of Topliss-reactive ketones (excluding diaryl/α,β-unsaturated/α-hetero) is 1. The zero-order chi connectivity index (χ0) is 20.1. The number of halogens is 1. The summed E-state index contributed by atoms with van der Waals surface area (Å²) in [7, 11) is 1.35. The fourth-order valence-corrected chi connectivity index (χ4v) is 4.41. The number of fused-ring (bicyclic) bond motifs is 4. The van der Waals surface area contributed by atoms with E-state index < -0.39 is 5.97 Å². The molecule has 5 rings (SSSR count). The number of hydrogen-bond donors (Lipinski definition) is 0. The first-order valence-corrected chi connectivity index (χ1v) is 9.79. The molecule has 1 aliphatic carbocycles. The van der Waals surface area contributed by atoms with E-state index in [1.54, 1.807) is 18.2 Å². The van der Waals surface area contributed by atoms with Crippen LogP contribution in [0.1, 0.15) is 44.8 Å². The molecule has 1 aromatic heterocycles. The molecular weight excluding hydrogens is 394 g/mol. The maximum absolute atomic E-state index is 12.8. The second-order valence-corrected chi connectivity index (χ2v) is 7.62. The Hall–Kier alpha value is -2.99. The molecule has 0 radical (unpaired) electrons. The molecule has 148 valence electrons. The molecule has 0 saturated heterocycles. The van der Waals surface area contributed by atoms with Gasteiger partial charge in [-0.2, -0.15) is 0 Å². The Bertz CT molecular complexity index is 1180. The topological polar surface area (TPSA) is 66.8 Å². The van der Waals surface area contributed by atoms with Crippen molar-refractivity contribution in [3.8, 4) is 11.5 Å². The van der Waals surface area contributed by atoms with E-state index in [1.807, 2.05) is 16.7 Å². The summed E-state index contributed by atoms with van der Waals surface area (Å²) < 4.78 is 17.7. The number of benzene rings is 2. The minimum Gasteiger partial charge on any atom is -0.465 e. The zero-order valence-electron chi connectivity index (χ0n) is 15.8. The van der Waals surface area contributed by atoms with Crippen LogP contribution in [0.25, 0.3) is 10.9 Å². The maximum Gasteiger partial charge on any atom is 0.337 e. The lowest BCUT2D eigenvalue weighted by Crippen LogP contribution is -2.16. The molecule has 0 saturated carbocycles. The third-order valence-corrected chi connectivity index (χ3v) is 5.91. The number of aromatic nitrogens is 1. The number of ether oxygens (including phenoxy) is 3. The highest BCUT2D eigenvalue weighted by atomic mass is 35.5. The van der Waals surface area contributed by atoms with Gasteiger partial charge in [0.15, 0.2) is 17.3 Å². The van der Waals surface area contributed by atoms with Gasteiger partial charge in [-0.1, -0.05) is 17.7 Å². The van der Waals surface area contributed by atoms with E-state index >= 15 is 0 Å². The van der Waals surface area contributed by atoms with Gasteiger partial charge in [-0.25, -0.2) is 4.79 Å². The number of ketones is 1. The Morgan fingerprint density at radius 3 is 2.76 bits per heavy atom. The number of esters is 1. The number of methoxy groups -OCH3 is 1. The van der Waals surface area contributed by atoms with Gasteiger partial charge in [0.1, 0.15) is 0 Å². The number of nitrogens with zero attached hydrogens (tertiary/aromatic N) is 1. The van der Waals surface area contributed by atoms with Crippen molar-refractivity contribution in [3.63, 3.8) is 0 Å². The molecule has 6 nitrogen and oxygen atoms in total. The van der Waals surface area contributed by atoms with Gasteiger partial charge in [-0.3, -0.25) is 4.79 Å². The largest absolute Gasteiger partial charge is 0.465 e. The smallest absolute Gasteiger partial charge is 0.337 e. The van der Waals surface area contributed by atoms with Gasteiger partial charge in [-0.15, -0.1) is 0 Å². The molecule has 0 spiro atoms. The van der Waals surface area contributed by atoms with Crippen molar-refractivity contribution in [2.75, 3.05) is 13.9 Å². The zero-order valence-corrected chi connectivity index (χ0v) is 16.5. The summed E-state index contributed by atoms with van der Waals surface area (Å²) in [6, 6.07) is 9.01. The summed E-state index contributed by atoms with van der Waals surface area (Å²) in [5.41, 5.74) is 3.81. The Morgan fingerprint density at radius 2 is 1.97 bits per heavy atom. The fraction of sp³-hybridized carbons (Fsp3) is 0.273. The molecular formula is C22H18ClNO5. The van der Waals surface area contributed by atoms with Crippen LogP contribution in [0, 0.1) is 0 Å². The van der Waals surface area contributed by atoms with E-state index in [0.717, 1.165) is 34.9 Å². The second kappa shape index (κ2) is 6.81. The lowest BCUT2D eigenvalue weighted by Gasteiger charge is -2.16. The van der Waals surface area contributed by atoms with E-state index in [-0.39, 0.29) is 12.6 Å². The van der Waals surface area contributed by atoms with Gasteiger partial charge in [0.2, 0.25) is 6.79 Å². The minimum absolute atomic E-state index is 0.110. The summed E-state index contributed by atoms with van der Waals surface area (Å²) in [4.78, 5) is 24.9. The number of carbonyl (C=O) groups excluding carboxylic acids is 2. The maximum atomic E-state index is 12.8. The third kappa shape index (κ3) is 2.86. The quantitative estimate of drug-likeness (QED) is 0.598. The van der Waals surface area contributed by atoms with Crippen LogP contribution in [-0.4, -0.2) is 30.2 Å². The molecule has 0 amide bonds. The molecule has 1 aliphatic heterocycles. The molecule has 0 atom stereocenters. The summed E-state index contributed by atoms with van der Waals surface area (Å²) in [5, 5.41) is 1.52. The second-order valence-electron chi connectivity index (χ2n) is 7.21. The predicted molar refractivity (Wildman–Crippen MR) is 107 cm³/mol. The van der Waals surface area contributed by atoms with Crippen molar-refractivity contribution in [1.82, 2.24) is 4.57 Å². The van der Waals surface area contributed by atoms with Crippen molar-refractivity contribution >= 4 is 34.3 Å². The van der Waals surface area contributed by atoms with Crippen molar-refractivity contribution in [3.05, 3.63) is 57.7 Å². The minimum atomic E-state index is -0.412. The summed E-state index contributed by atoms with van der Waals surface area (Å²) in [6.45, 7) is 0.551. The number of aryl methyl sites for hydroxylation is 1. The molecule has 0 fully saturated rings. The van der Waals surface area contributed by atoms with Crippen LogP contribution in [0.3, 0.4) is 0 Å². The lowest BCUT2D eigenvalue weighted by atomic mass is 9.94. The molecule has 7 heteroatoms. The van der Waals surface area contributed by atoms with E-state index in [0.29, 0.717) is 40.7 Å². The first kappa shape index (κ1) is 18.1. The highest BCUT2D eigenvalue weighted by molar-refractivity contribution is 6.31. The van der Waals surface area contributed by atoms with E-state index in [9.17, 15) is 9.59 Å². The number of carbonyl (C=O) groups is 2. The summed E-state index contributed by atoms with van der Waals surface area (Å²) >= 11 is 6.49. The van der Waals surface area contributed by atoms with E-state index in [2.05, 4.69) is 0 Å². The monoisotopic (exact) mass is 411 g/mol. The molecule has 0 bridgehead atoms. The predicted octanol–water partition coefficient (Wildman–Crippen LogP) is 4.38. The molecule has 2 aromatic carbocycles. The first-order valence-electron chi connectivity index (χ1n) is 9.41. The van der Waals surface area contributed by atoms with Crippen LogP contribution >= 0.6 is 11.6 Å². The van der Waals surface area contributed by atoms with Gasteiger partial charge in [0, 0.05) is 29.4 Å². The number of hydrogen-bond acceptors (Lipinski definition) is 5. The highest BCUT2D eigenvalue weighted by Gasteiger charge is 2.27. The molecule has 2 aliphatic rings. The molecule has 0 N–H and O–H groups in total. The van der Waals surface area contributed by atoms with Crippen LogP contribution in [0.4, 0.5) is 0 Å². The normalized spacial score (nSPS) is 14.9. The fourth-order valence-electron chi connectivity index (χ4n) is 4.20. The van der Waals surface area contributed by atoms with Crippen molar-refractivity contribution in [2.24, 2.45) is 0 Å². The number of rotatable bonds is 3. The van der Waals surface area contributed by atoms with Crippen molar-refractivity contribution in [1.29, 1.82) is 0 Å². The Kier molecular flexibility index (Phi) is 4.24. The first-order chi connectivity index (χ1) is 14.1. The lowest BCUT2D eigenvalue weighted by molar-refractivity contribution is 0.0600. The molecule has 0 unspecified atom stereocenters. The van der Waals surface area contributed by atoms with Gasteiger partial charge in [0.25, 0.3) is 0 Å². The van der Waals surface area contributed by atoms with Crippen LogP contribution in [-0.2, 0) is 17.7 Å². The van der Waals surface area contributed by atoms with Gasteiger partial charge < -0.3 is 18.8 Å². The van der Waals surface area contributed by atoms with E-state index in [4.69, 9.17) is 25.8 Å². The van der Waals surface area contributed by atoms with Crippen molar-refractivity contribution < 1.29 is 23.8 Å². The van der Waals surface area contributed by atoms with Gasteiger partial charge in [-0.05, 0) is 42.2 Å². The van der Waals surface area contributed by atoms with Gasteiger partial charge >= 0.3 is 5.97 Å². The third-order valence-electron chi connectivity index (χ3n) is 5.56. The average Bonchev–Trinajstić information content (AvgIpc) is 3.30. The van der Waals surface area contributed by atoms with Crippen LogP contribution in [0.15, 0.2) is 30.3 Å². The Balaban J connectivity index is 1.70. The Morgan fingerprint density at radius 1 is 1.17 bits per heavy atom. The van der Waals surface area contributed by atoms with Gasteiger partial charge in [0.05, 0.1) is 23.9 Å². The SMILES string of the molecule is COC(=O)c1ccc2c3c(n(Cc4cc5c(cc4Cl)OCO5)c2c1)C(=O)CCC3. The van der Waals surface area contributed by atoms with Crippen LogP contribution < -0.4 is 9.47 Å². The average molecular weight is 412 g/mol. The standard InChI is InChI=1S/C22H18ClNO5/c1-27-22(26)12-5-6-14-15-3-2-4-18(25)21(15)24(17(14)7-12)10-13-8-19-20(9-16(13)23)29-11-28-19/h5-9H,2-4,10-11H2,1H3. The molecule has 2 heterocycles. The Labute approximate surface area is 171 Å². The summed E-state index contributed by atoms with van der Waals surface area (Å²) in [6.07, 6.45) is 2.17.